The van der Waals surface area contributed by atoms with E-state index < -0.39 is 5.51 Å². The quantitative estimate of drug-likeness (QED) is 0.727. The van der Waals surface area contributed by atoms with Gasteiger partial charge in [0.1, 0.15) is 0 Å². The molecule has 1 aliphatic heterocycles. The number of anilines is 1. The Kier molecular flexibility index (Phi) is 3.47. The molecule has 18 heavy (non-hydrogen) atoms. The van der Waals surface area contributed by atoms with Crippen LogP contribution in [-0.2, 0) is 0 Å². The lowest BCUT2D eigenvalue weighted by Gasteiger charge is -2.32. The number of halogens is 3. The van der Waals surface area contributed by atoms with E-state index in [9.17, 15) is 13.2 Å². The Morgan fingerprint density at radius 1 is 1.22 bits per heavy atom. The van der Waals surface area contributed by atoms with Crippen LogP contribution in [0, 0.1) is 0 Å². The first-order chi connectivity index (χ1) is 8.37. The van der Waals surface area contributed by atoms with E-state index >= 15 is 0 Å². The maximum absolute atomic E-state index is 12.2. The number of benzene rings is 1. The predicted octanol–water partition coefficient (Wildman–Crippen LogP) is 4.70. The number of thioether (sulfide) groups is 1. The van der Waals surface area contributed by atoms with E-state index in [1.807, 2.05) is 18.7 Å². The normalized spacial score (nSPS) is 19.7. The zero-order valence-electron chi connectivity index (χ0n) is 9.90. The molecule has 0 fully saturated rings. The SMILES string of the molecule is CC1=C[N-]C(C)N1c1ccc(SC(F)(F)F)cc1. The van der Waals surface area contributed by atoms with Gasteiger partial charge in [-0.2, -0.15) is 19.4 Å². The van der Waals surface area contributed by atoms with Crippen molar-refractivity contribution in [3.63, 3.8) is 0 Å². The fourth-order valence-electron chi connectivity index (χ4n) is 1.87. The van der Waals surface area contributed by atoms with Crippen LogP contribution < -0.4 is 4.90 Å². The summed E-state index contributed by atoms with van der Waals surface area (Å²) in [6, 6.07) is 6.32. The second-order valence-electron chi connectivity index (χ2n) is 3.96. The van der Waals surface area contributed by atoms with Gasteiger partial charge in [-0.1, -0.05) is 6.92 Å². The molecule has 0 bridgehead atoms. The van der Waals surface area contributed by atoms with E-state index in [-0.39, 0.29) is 22.8 Å². The van der Waals surface area contributed by atoms with Crippen LogP contribution in [0.15, 0.2) is 41.1 Å². The average Bonchev–Trinajstić information content (AvgIpc) is 2.58. The van der Waals surface area contributed by atoms with Crippen molar-refractivity contribution >= 4 is 17.4 Å². The highest BCUT2D eigenvalue weighted by Gasteiger charge is 2.29. The van der Waals surface area contributed by atoms with E-state index in [1.165, 1.54) is 12.1 Å². The minimum Gasteiger partial charge on any atom is -0.670 e. The molecule has 98 valence electrons. The molecule has 2 nitrogen and oxygen atoms in total. The van der Waals surface area contributed by atoms with Gasteiger partial charge in [0.15, 0.2) is 0 Å². The number of alkyl halides is 3. The monoisotopic (exact) mass is 273 g/mol. The zero-order valence-corrected chi connectivity index (χ0v) is 10.7. The summed E-state index contributed by atoms with van der Waals surface area (Å²) in [4.78, 5) is 2.17. The smallest absolute Gasteiger partial charge is 0.446 e. The molecule has 0 radical (unpaired) electrons. The molecule has 0 aromatic heterocycles. The van der Waals surface area contributed by atoms with Crippen LogP contribution in [0.1, 0.15) is 13.8 Å². The highest BCUT2D eigenvalue weighted by atomic mass is 32.2. The van der Waals surface area contributed by atoms with Crippen LogP contribution in [0.3, 0.4) is 0 Å². The Labute approximate surface area is 108 Å². The average molecular weight is 273 g/mol. The van der Waals surface area contributed by atoms with Gasteiger partial charge >= 0.3 is 5.51 Å². The van der Waals surface area contributed by atoms with Crippen molar-refractivity contribution in [1.29, 1.82) is 0 Å². The second-order valence-corrected chi connectivity index (χ2v) is 5.10. The van der Waals surface area contributed by atoms with E-state index in [1.54, 1.807) is 18.3 Å². The summed E-state index contributed by atoms with van der Waals surface area (Å²) >= 11 is -0.103. The molecule has 0 N–H and O–H groups in total. The van der Waals surface area contributed by atoms with E-state index in [0.29, 0.717) is 0 Å². The third kappa shape index (κ3) is 2.93. The van der Waals surface area contributed by atoms with Gasteiger partial charge in [-0.25, -0.2) is 0 Å². The summed E-state index contributed by atoms with van der Waals surface area (Å²) in [7, 11) is 0. The first-order valence-electron chi connectivity index (χ1n) is 5.38. The number of rotatable bonds is 2. The molecule has 0 saturated heterocycles. The van der Waals surface area contributed by atoms with E-state index in [0.717, 1.165) is 11.4 Å². The lowest BCUT2D eigenvalue weighted by Crippen LogP contribution is -2.25. The van der Waals surface area contributed by atoms with Crippen molar-refractivity contribution in [2.75, 3.05) is 4.90 Å². The molecule has 1 heterocycles. The minimum atomic E-state index is -4.24. The molecular weight excluding hydrogens is 261 g/mol. The van der Waals surface area contributed by atoms with Crippen molar-refractivity contribution in [2.24, 2.45) is 0 Å². The van der Waals surface area contributed by atoms with Crippen LogP contribution in [-0.4, -0.2) is 11.7 Å². The fourth-order valence-corrected chi connectivity index (χ4v) is 2.41. The van der Waals surface area contributed by atoms with E-state index in [2.05, 4.69) is 5.32 Å². The molecule has 0 amide bonds. The van der Waals surface area contributed by atoms with Crippen molar-refractivity contribution in [3.8, 4) is 0 Å². The molecule has 0 saturated carbocycles. The standard InChI is InChI=1S/C12H12F3N2S/c1-8-7-16-9(2)17(8)10-3-5-11(6-4-10)18-12(13,14)15/h3-7,9H,1-2H3/q-1. The largest absolute Gasteiger partial charge is 0.670 e. The second kappa shape index (κ2) is 4.76. The highest BCUT2D eigenvalue weighted by Crippen LogP contribution is 2.38. The zero-order chi connectivity index (χ0) is 13.3. The van der Waals surface area contributed by atoms with Gasteiger partial charge in [0.2, 0.25) is 0 Å². The maximum Gasteiger partial charge on any atom is 0.446 e. The molecule has 1 aliphatic rings. The lowest BCUT2D eigenvalue weighted by molar-refractivity contribution is -0.0328. The van der Waals surface area contributed by atoms with Gasteiger partial charge in [0.05, 0.1) is 0 Å². The third-order valence-corrected chi connectivity index (χ3v) is 3.32. The predicted molar refractivity (Wildman–Crippen MR) is 67.4 cm³/mol. The molecule has 1 aromatic rings. The number of hydrogen-bond acceptors (Lipinski definition) is 2. The van der Waals surface area contributed by atoms with Gasteiger partial charge in [0.25, 0.3) is 0 Å². The first kappa shape index (κ1) is 13.1. The molecule has 0 aliphatic carbocycles. The lowest BCUT2D eigenvalue weighted by atomic mass is 10.2. The fraction of sp³-hybridized carbons (Fsp3) is 0.333. The molecule has 1 unspecified atom stereocenters. The summed E-state index contributed by atoms with van der Waals surface area (Å²) in [6.07, 6.45) is 1.76. The summed E-state index contributed by atoms with van der Waals surface area (Å²) in [5.41, 5.74) is -2.41. The Hall–Kier alpha value is -1.30. The molecule has 0 spiro atoms. The van der Waals surface area contributed by atoms with Crippen molar-refractivity contribution in [2.45, 2.75) is 30.4 Å². The van der Waals surface area contributed by atoms with Gasteiger partial charge in [-0.15, -0.1) is 0 Å². The van der Waals surface area contributed by atoms with Crippen LogP contribution in [0.25, 0.3) is 5.32 Å². The van der Waals surface area contributed by atoms with Crippen LogP contribution >= 0.6 is 11.8 Å². The molecular formula is C12H12F3N2S-. The number of hydrogen-bond donors (Lipinski definition) is 0. The van der Waals surface area contributed by atoms with Crippen LogP contribution in [0.2, 0.25) is 0 Å². The van der Waals surface area contributed by atoms with Gasteiger partial charge in [0, 0.05) is 10.6 Å². The van der Waals surface area contributed by atoms with Gasteiger partial charge < -0.3 is 10.2 Å². The Balaban J connectivity index is 2.15. The topological polar surface area (TPSA) is 17.3 Å². The third-order valence-electron chi connectivity index (χ3n) is 2.58. The molecule has 6 heteroatoms. The Bertz CT molecular complexity index is 453. The Morgan fingerprint density at radius 2 is 1.83 bits per heavy atom. The Morgan fingerprint density at radius 3 is 2.28 bits per heavy atom. The van der Waals surface area contributed by atoms with Crippen molar-refractivity contribution in [3.05, 3.63) is 41.5 Å². The maximum atomic E-state index is 12.2. The number of allylic oxidation sites excluding steroid dienone is 1. The first-order valence-corrected chi connectivity index (χ1v) is 6.20. The van der Waals surface area contributed by atoms with Crippen molar-refractivity contribution in [1.82, 2.24) is 0 Å². The van der Waals surface area contributed by atoms with Gasteiger partial charge in [-0.05, 0) is 54.8 Å². The molecule has 2 rings (SSSR count). The summed E-state index contributed by atoms with van der Waals surface area (Å²) in [5.74, 6) is 0. The molecule has 1 aromatic carbocycles. The van der Waals surface area contributed by atoms with Crippen LogP contribution in [0.5, 0.6) is 0 Å². The minimum absolute atomic E-state index is 0.00822. The molecule has 1 atom stereocenters. The summed E-state index contributed by atoms with van der Waals surface area (Å²) < 4.78 is 36.6. The van der Waals surface area contributed by atoms with Crippen LogP contribution in [0.4, 0.5) is 18.9 Å². The van der Waals surface area contributed by atoms with E-state index in [4.69, 9.17) is 0 Å². The highest BCUT2D eigenvalue weighted by molar-refractivity contribution is 8.00. The van der Waals surface area contributed by atoms with Crippen molar-refractivity contribution < 1.29 is 13.2 Å². The number of nitrogens with zero attached hydrogens (tertiary/aromatic N) is 2. The summed E-state index contributed by atoms with van der Waals surface area (Å²) in [6.45, 7) is 3.86. The summed E-state index contributed by atoms with van der Waals surface area (Å²) in [5, 5.41) is 4.24. The van der Waals surface area contributed by atoms with Gasteiger partial charge in [-0.3, -0.25) is 0 Å².